The molecule has 0 saturated carbocycles. The molecular weight excluding hydrogens is 431 g/mol. The highest BCUT2D eigenvalue weighted by Crippen LogP contribution is 2.24. The van der Waals surface area contributed by atoms with Crippen LogP contribution in [0.3, 0.4) is 0 Å². The van der Waals surface area contributed by atoms with Gasteiger partial charge in [0, 0.05) is 22.1 Å². The minimum Gasteiger partial charge on any atom is -0.207 e. The Bertz CT molecular complexity index is 1370. The SMILES string of the molecule is CCc1cc(F)c(CCc2ccc(C#Cc3ccc4c(F)c(F)c(F)cc4c3)cc2)c(F)c1. The van der Waals surface area contributed by atoms with E-state index in [-0.39, 0.29) is 22.8 Å². The minimum absolute atomic E-state index is 0.0130. The van der Waals surface area contributed by atoms with E-state index >= 15 is 0 Å². The van der Waals surface area contributed by atoms with Crippen molar-refractivity contribution in [3.63, 3.8) is 0 Å². The fourth-order valence-electron chi connectivity index (χ4n) is 3.65. The van der Waals surface area contributed by atoms with Gasteiger partial charge in [-0.1, -0.05) is 37.0 Å². The fraction of sp³-hybridized carbons (Fsp3) is 0.143. The van der Waals surface area contributed by atoms with Crippen LogP contribution in [0.2, 0.25) is 0 Å². The van der Waals surface area contributed by atoms with Gasteiger partial charge < -0.3 is 0 Å². The zero-order chi connectivity index (χ0) is 23.5. The third kappa shape index (κ3) is 4.90. The topological polar surface area (TPSA) is 0 Å². The first-order valence-corrected chi connectivity index (χ1v) is 10.5. The lowest BCUT2D eigenvalue weighted by Gasteiger charge is -2.08. The van der Waals surface area contributed by atoms with E-state index in [1.54, 1.807) is 12.1 Å². The third-order valence-corrected chi connectivity index (χ3v) is 5.55. The Morgan fingerprint density at radius 1 is 0.606 bits per heavy atom. The van der Waals surface area contributed by atoms with E-state index in [4.69, 9.17) is 0 Å². The second-order valence-electron chi connectivity index (χ2n) is 7.76. The van der Waals surface area contributed by atoms with Crippen LogP contribution in [-0.4, -0.2) is 0 Å². The van der Waals surface area contributed by atoms with Crippen LogP contribution in [0, 0.1) is 40.9 Å². The molecule has 0 spiro atoms. The molecule has 0 aromatic heterocycles. The van der Waals surface area contributed by atoms with Crippen LogP contribution >= 0.6 is 0 Å². The van der Waals surface area contributed by atoms with Crippen LogP contribution < -0.4 is 0 Å². The molecule has 0 radical (unpaired) electrons. The van der Waals surface area contributed by atoms with Gasteiger partial charge in [0.25, 0.3) is 0 Å². The molecule has 166 valence electrons. The van der Waals surface area contributed by atoms with Gasteiger partial charge in [0.05, 0.1) is 0 Å². The standard InChI is InChI=1S/C28H19F5/c1-2-17-14-24(29)23(25(30)15-17)12-9-19-5-3-18(4-6-19)7-8-20-10-11-22-21(13-20)16-26(31)28(33)27(22)32/h3-6,10-11,13-16H,2,9,12H2,1H3. The van der Waals surface area contributed by atoms with Crippen LogP contribution in [0.1, 0.15) is 34.7 Å². The monoisotopic (exact) mass is 450 g/mol. The summed E-state index contributed by atoms with van der Waals surface area (Å²) in [6, 6.07) is 15.4. The van der Waals surface area contributed by atoms with Crippen molar-refractivity contribution in [3.05, 3.63) is 118 Å². The second kappa shape index (κ2) is 9.46. The van der Waals surface area contributed by atoms with Gasteiger partial charge in [0.1, 0.15) is 11.6 Å². The first-order valence-electron chi connectivity index (χ1n) is 10.5. The lowest BCUT2D eigenvalue weighted by atomic mass is 10.0. The molecule has 0 atom stereocenters. The number of aryl methyl sites for hydroxylation is 2. The van der Waals surface area contributed by atoms with Gasteiger partial charge in [-0.05, 0) is 78.2 Å². The van der Waals surface area contributed by atoms with Crippen molar-refractivity contribution in [2.45, 2.75) is 26.2 Å². The summed E-state index contributed by atoms with van der Waals surface area (Å²) in [6.07, 6.45) is 1.30. The van der Waals surface area contributed by atoms with Crippen molar-refractivity contribution in [2.24, 2.45) is 0 Å². The first kappa shape index (κ1) is 22.5. The summed E-state index contributed by atoms with van der Waals surface area (Å²) in [5, 5.41) is 0.209. The second-order valence-corrected chi connectivity index (χ2v) is 7.76. The highest BCUT2D eigenvalue weighted by Gasteiger charge is 2.13. The highest BCUT2D eigenvalue weighted by atomic mass is 19.2. The lowest BCUT2D eigenvalue weighted by molar-refractivity contribution is 0.453. The molecule has 5 heteroatoms. The van der Waals surface area contributed by atoms with E-state index in [1.165, 1.54) is 30.3 Å². The molecule has 0 aliphatic carbocycles. The third-order valence-electron chi connectivity index (χ3n) is 5.55. The Kier molecular flexibility index (Phi) is 6.46. The number of hydrogen-bond donors (Lipinski definition) is 0. The molecule has 0 aliphatic heterocycles. The summed E-state index contributed by atoms with van der Waals surface area (Å²) in [7, 11) is 0. The minimum atomic E-state index is -1.50. The van der Waals surface area contributed by atoms with E-state index < -0.39 is 29.1 Å². The Labute approximate surface area is 188 Å². The largest absolute Gasteiger partial charge is 0.207 e. The Morgan fingerprint density at radius 2 is 1.24 bits per heavy atom. The quantitative estimate of drug-likeness (QED) is 0.174. The lowest BCUT2D eigenvalue weighted by Crippen LogP contribution is -2.00. The molecule has 4 rings (SSSR count). The molecule has 4 aromatic rings. The summed E-state index contributed by atoms with van der Waals surface area (Å²) in [5.74, 6) is 0.881. The average Bonchev–Trinajstić information content (AvgIpc) is 2.81. The number of benzene rings is 4. The van der Waals surface area contributed by atoms with Crippen molar-refractivity contribution < 1.29 is 22.0 Å². The van der Waals surface area contributed by atoms with Crippen LogP contribution in [-0.2, 0) is 19.3 Å². The maximum absolute atomic E-state index is 14.2. The van der Waals surface area contributed by atoms with Gasteiger partial charge in [0.2, 0.25) is 0 Å². The predicted octanol–water partition coefficient (Wildman–Crippen LogP) is 7.28. The van der Waals surface area contributed by atoms with Gasteiger partial charge in [-0.3, -0.25) is 0 Å². The summed E-state index contributed by atoms with van der Waals surface area (Å²) in [5.41, 5.74) is 2.86. The summed E-state index contributed by atoms with van der Waals surface area (Å²) < 4.78 is 69.0. The summed E-state index contributed by atoms with van der Waals surface area (Å²) in [6.45, 7) is 1.85. The number of rotatable bonds is 4. The Balaban J connectivity index is 1.47. The molecule has 0 bridgehead atoms. The van der Waals surface area contributed by atoms with Gasteiger partial charge in [-0.15, -0.1) is 0 Å². The molecule has 0 amide bonds. The Hall–Kier alpha value is -3.65. The summed E-state index contributed by atoms with van der Waals surface area (Å²) >= 11 is 0. The van der Waals surface area contributed by atoms with Crippen molar-refractivity contribution in [1.29, 1.82) is 0 Å². The Morgan fingerprint density at radius 3 is 1.91 bits per heavy atom. The van der Waals surface area contributed by atoms with Crippen LogP contribution in [0.25, 0.3) is 10.8 Å². The molecular formula is C28H19F5. The number of hydrogen-bond acceptors (Lipinski definition) is 0. The smallest absolute Gasteiger partial charge is 0.195 e. The average molecular weight is 450 g/mol. The van der Waals surface area contributed by atoms with Crippen molar-refractivity contribution in [1.82, 2.24) is 0 Å². The normalized spacial score (nSPS) is 10.8. The first-order chi connectivity index (χ1) is 15.9. The van der Waals surface area contributed by atoms with E-state index in [1.807, 2.05) is 19.1 Å². The number of fused-ring (bicyclic) bond motifs is 1. The molecule has 33 heavy (non-hydrogen) atoms. The predicted molar refractivity (Wildman–Crippen MR) is 119 cm³/mol. The molecule has 0 heterocycles. The summed E-state index contributed by atoms with van der Waals surface area (Å²) in [4.78, 5) is 0. The van der Waals surface area contributed by atoms with Gasteiger partial charge in [-0.25, -0.2) is 22.0 Å². The zero-order valence-corrected chi connectivity index (χ0v) is 17.8. The maximum Gasteiger partial charge on any atom is 0.195 e. The van der Waals surface area contributed by atoms with Crippen molar-refractivity contribution in [2.75, 3.05) is 0 Å². The maximum atomic E-state index is 14.2. The van der Waals surface area contributed by atoms with Gasteiger partial charge in [0.15, 0.2) is 17.5 Å². The van der Waals surface area contributed by atoms with Crippen LogP contribution in [0.15, 0.2) is 60.7 Å². The molecule has 0 saturated heterocycles. The van der Waals surface area contributed by atoms with Crippen LogP contribution in [0.4, 0.5) is 22.0 Å². The molecule has 4 aromatic carbocycles. The van der Waals surface area contributed by atoms with Crippen molar-refractivity contribution in [3.8, 4) is 11.8 Å². The van der Waals surface area contributed by atoms with E-state index in [9.17, 15) is 22.0 Å². The van der Waals surface area contributed by atoms with Gasteiger partial charge >= 0.3 is 0 Å². The fourth-order valence-corrected chi connectivity index (χ4v) is 3.65. The van der Waals surface area contributed by atoms with E-state index in [0.717, 1.165) is 11.6 Å². The zero-order valence-electron chi connectivity index (χ0n) is 17.8. The van der Waals surface area contributed by atoms with E-state index in [2.05, 4.69) is 11.8 Å². The van der Waals surface area contributed by atoms with Crippen LogP contribution in [0.5, 0.6) is 0 Å². The molecule has 0 fully saturated rings. The molecule has 0 N–H and O–H groups in total. The highest BCUT2D eigenvalue weighted by molar-refractivity contribution is 5.84. The molecule has 0 aliphatic rings. The van der Waals surface area contributed by atoms with E-state index in [0.29, 0.717) is 29.5 Å². The van der Waals surface area contributed by atoms with Crippen molar-refractivity contribution >= 4 is 10.8 Å². The van der Waals surface area contributed by atoms with Gasteiger partial charge in [-0.2, -0.15) is 0 Å². The molecule has 0 nitrogen and oxygen atoms in total. The molecule has 0 unspecified atom stereocenters. The number of halogens is 5.